The van der Waals surface area contributed by atoms with Crippen LogP contribution in [-0.4, -0.2) is 17.3 Å². The van der Waals surface area contributed by atoms with Gasteiger partial charge in [-0.25, -0.2) is 4.39 Å². The fourth-order valence-electron chi connectivity index (χ4n) is 1.40. The molecule has 0 spiro atoms. The van der Waals surface area contributed by atoms with Gasteiger partial charge in [0.2, 0.25) is 0 Å². The Bertz CT molecular complexity index is 458. The SMILES string of the molecule is CCC(CBr)NC(=O)c1ccc(F)c(C(F)(F)F)c1. The number of amides is 1. The average Bonchev–Trinajstić information content (AvgIpc) is 2.34. The van der Waals surface area contributed by atoms with Crippen LogP contribution in [0.15, 0.2) is 18.2 Å². The van der Waals surface area contributed by atoms with Crippen LogP contribution in [0.5, 0.6) is 0 Å². The topological polar surface area (TPSA) is 29.1 Å². The number of benzene rings is 1. The second-order valence-electron chi connectivity index (χ2n) is 3.93. The van der Waals surface area contributed by atoms with E-state index < -0.39 is 23.5 Å². The fraction of sp³-hybridized carbons (Fsp3) is 0.417. The molecule has 0 radical (unpaired) electrons. The molecular formula is C12H12BrF4NO. The summed E-state index contributed by atoms with van der Waals surface area (Å²) in [6.45, 7) is 1.83. The Hall–Kier alpha value is -1.11. The van der Waals surface area contributed by atoms with E-state index in [0.29, 0.717) is 23.9 Å². The smallest absolute Gasteiger partial charge is 0.348 e. The Morgan fingerprint density at radius 1 is 1.42 bits per heavy atom. The zero-order chi connectivity index (χ0) is 14.6. The molecule has 7 heteroatoms. The number of alkyl halides is 4. The molecule has 1 N–H and O–H groups in total. The van der Waals surface area contributed by atoms with Crippen LogP contribution in [-0.2, 0) is 6.18 Å². The van der Waals surface area contributed by atoms with Crippen molar-refractivity contribution in [3.63, 3.8) is 0 Å². The van der Waals surface area contributed by atoms with Crippen molar-refractivity contribution < 1.29 is 22.4 Å². The van der Waals surface area contributed by atoms with E-state index in [0.717, 1.165) is 6.07 Å². The van der Waals surface area contributed by atoms with Gasteiger partial charge in [0, 0.05) is 16.9 Å². The third-order valence-electron chi connectivity index (χ3n) is 2.55. The van der Waals surface area contributed by atoms with E-state index >= 15 is 0 Å². The van der Waals surface area contributed by atoms with Crippen LogP contribution >= 0.6 is 15.9 Å². The third-order valence-corrected chi connectivity index (χ3v) is 3.33. The van der Waals surface area contributed by atoms with E-state index in [1.54, 1.807) is 0 Å². The maximum Gasteiger partial charge on any atom is 0.419 e. The molecule has 0 aromatic heterocycles. The van der Waals surface area contributed by atoms with Gasteiger partial charge in [0.1, 0.15) is 5.82 Å². The van der Waals surface area contributed by atoms with Gasteiger partial charge in [0.25, 0.3) is 5.91 Å². The molecule has 0 aliphatic carbocycles. The van der Waals surface area contributed by atoms with Crippen molar-refractivity contribution >= 4 is 21.8 Å². The number of carbonyl (C=O) groups excluding carboxylic acids is 1. The molecule has 0 heterocycles. The molecule has 0 bridgehead atoms. The summed E-state index contributed by atoms with van der Waals surface area (Å²) in [4.78, 5) is 11.7. The van der Waals surface area contributed by atoms with Crippen molar-refractivity contribution in [2.75, 3.05) is 5.33 Å². The lowest BCUT2D eigenvalue weighted by atomic mass is 10.1. The zero-order valence-corrected chi connectivity index (χ0v) is 11.6. The monoisotopic (exact) mass is 341 g/mol. The summed E-state index contributed by atoms with van der Waals surface area (Å²) in [6.07, 6.45) is -4.19. The molecule has 1 unspecified atom stereocenters. The van der Waals surface area contributed by atoms with Gasteiger partial charge < -0.3 is 5.32 Å². The van der Waals surface area contributed by atoms with E-state index in [9.17, 15) is 22.4 Å². The molecule has 2 nitrogen and oxygen atoms in total. The van der Waals surface area contributed by atoms with E-state index in [1.807, 2.05) is 6.92 Å². The van der Waals surface area contributed by atoms with Crippen molar-refractivity contribution in [3.05, 3.63) is 35.1 Å². The van der Waals surface area contributed by atoms with Gasteiger partial charge in [-0.1, -0.05) is 22.9 Å². The molecule has 106 valence electrons. The predicted octanol–water partition coefficient (Wildman–Crippen LogP) is 3.75. The minimum absolute atomic E-state index is 0.188. The van der Waals surface area contributed by atoms with E-state index in [1.165, 1.54) is 0 Å². The van der Waals surface area contributed by atoms with Crippen molar-refractivity contribution in [3.8, 4) is 0 Å². The van der Waals surface area contributed by atoms with Gasteiger partial charge in [-0.05, 0) is 24.6 Å². The minimum atomic E-state index is -4.82. The second kappa shape index (κ2) is 6.36. The van der Waals surface area contributed by atoms with Gasteiger partial charge in [0.05, 0.1) is 5.56 Å². The first-order chi connectivity index (χ1) is 8.79. The molecule has 19 heavy (non-hydrogen) atoms. The molecule has 1 amide bonds. The highest BCUT2D eigenvalue weighted by molar-refractivity contribution is 9.09. The summed E-state index contributed by atoms with van der Waals surface area (Å²) in [5, 5.41) is 3.04. The minimum Gasteiger partial charge on any atom is -0.348 e. The summed E-state index contributed by atoms with van der Waals surface area (Å²) in [7, 11) is 0. The first kappa shape index (κ1) is 15.9. The molecular weight excluding hydrogens is 330 g/mol. The number of rotatable bonds is 4. The summed E-state index contributed by atoms with van der Waals surface area (Å²) in [6, 6.07) is 2.01. The summed E-state index contributed by atoms with van der Waals surface area (Å²) >= 11 is 3.18. The first-order valence-corrected chi connectivity index (χ1v) is 6.65. The van der Waals surface area contributed by atoms with E-state index in [2.05, 4.69) is 21.2 Å². The highest BCUT2D eigenvalue weighted by Gasteiger charge is 2.34. The number of nitrogens with one attached hydrogen (secondary N) is 1. The fourth-order valence-corrected chi connectivity index (χ4v) is 2.02. The van der Waals surface area contributed by atoms with Crippen molar-refractivity contribution in [1.29, 1.82) is 0 Å². The van der Waals surface area contributed by atoms with Gasteiger partial charge >= 0.3 is 6.18 Å². The Morgan fingerprint density at radius 3 is 2.53 bits per heavy atom. The number of carbonyl (C=O) groups is 1. The van der Waals surface area contributed by atoms with Gasteiger partial charge in [-0.2, -0.15) is 13.2 Å². The molecule has 0 aliphatic rings. The van der Waals surface area contributed by atoms with Crippen LogP contribution in [0.2, 0.25) is 0 Å². The average molecular weight is 342 g/mol. The largest absolute Gasteiger partial charge is 0.419 e. The van der Waals surface area contributed by atoms with Crippen LogP contribution in [0.3, 0.4) is 0 Å². The molecule has 1 atom stereocenters. The van der Waals surface area contributed by atoms with Gasteiger partial charge in [0.15, 0.2) is 0 Å². The highest BCUT2D eigenvalue weighted by Crippen LogP contribution is 2.31. The van der Waals surface area contributed by atoms with Crippen LogP contribution in [0.4, 0.5) is 17.6 Å². The maximum absolute atomic E-state index is 13.1. The normalized spacial score (nSPS) is 13.2. The second-order valence-corrected chi connectivity index (χ2v) is 4.57. The Balaban J connectivity index is 2.99. The lowest BCUT2D eigenvalue weighted by Gasteiger charge is -2.15. The molecule has 0 aliphatic heterocycles. The summed E-state index contributed by atoms with van der Waals surface area (Å²) in [5.41, 5.74) is -1.65. The van der Waals surface area contributed by atoms with E-state index in [-0.39, 0.29) is 11.6 Å². The molecule has 1 rings (SSSR count). The Morgan fingerprint density at radius 2 is 2.05 bits per heavy atom. The maximum atomic E-state index is 13.1. The van der Waals surface area contributed by atoms with Gasteiger partial charge in [-0.15, -0.1) is 0 Å². The number of hydrogen-bond acceptors (Lipinski definition) is 1. The number of halogens is 5. The predicted molar refractivity (Wildman–Crippen MR) is 66.7 cm³/mol. The summed E-state index contributed by atoms with van der Waals surface area (Å²) < 4.78 is 50.6. The molecule has 0 saturated heterocycles. The lowest BCUT2D eigenvalue weighted by molar-refractivity contribution is -0.140. The first-order valence-electron chi connectivity index (χ1n) is 5.53. The molecule has 0 fully saturated rings. The van der Waals surface area contributed by atoms with Crippen LogP contribution in [0, 0.1) is 5.82 Å². The standard InChI is InChI=1S/C12H12BrF4NO/c1-2-8(6-13)18-11(19)7-3-4-10(14)9(5-7)12(15,16)17/h3-5,8H,2,6H2,1H3,(H,18,19). The molecule has 1 aromatic rings. The quantitative estimate of drug-likeness (QED) is 0.655. The Kier molecular flexibility index (Phi) is 5.34. The summed E-state index contributed by atoms with van der Waals surface area (Å²) in [5.74, 6) is -2.05. The van der Waals surface area contributed by atoms with Crippen LogP contribution in [0.1, 0.15) is 29.3 Å². The van der Waals surface area contributed by atoms with Crippen LogP contribution < -0.4 is 5.32 Å². The van der Waals surface area contributed by atoms with Crippen LogP contribution in [0.25, 0.3) is 0 Å². The van der Waals surface area contributed by atoms with Gasteiger partial charge in [-0.3, -0.25) is 4.79 Å². The number of hydrogen-bond donors (Lipinski definition) is 1. The van der Waals surface area contributed by atoms with Crippen molar-refractivity contribution in [2.24, 2.45) is 0 Å². The zero-order valence-electron chi connectivity index (χ0n) is 10.0. The third kappa shape index (κ3) is 4.19. The van der Waals surface area contributed by atoms with Crippen molar-refractivity contribution in [2.45, 2.75) is 25.6 Å². The lowest BCUT2D eigenvalue weighted by Crippen LogP contribution is -2.35. The molecule has 0 saturated carbocycles. The highest BCUT2D eigenvalue weighted by atomic mass is 79.9. The Labute approximate surface area is 116 Å². The molecule has 1 aromatic carbocycles. The van der Waals surface area contributed by atoms with E-state index in [4.69, 9.17) is 0 Å². The van der Waals surface area contributed by atoms with Crippen molar-refractivity contribution in [1.82, 2.24) is 5.32 Å².